The molecule has 0 saturated heterocycles. The van der Waals surface area contributed by atoms with Crippen LogP contribution in [-0.4, -0.2) is 31.7 Å². The predicted molar refractivity (Wildman–Crippen MR) is 66.7 cm³/mol. The third-order valence-corrected chi connectivity index (χ3v) is 5.35. The summed E-state index contributed by atoms with van der Waals surface area (Å²) in [4.78, 5) is 11.5. The summed E-state index contributed by atoms with van der Waals surface area (Å²) in [5, 5.41) is 2.69. The van der Waals surface area contributed by atoms with Crippen molar-refractivity contribution >= 4 is 21.6 Å². The molecule has 0 unspecified atom stereocenters. The number of nitrogens with zero attached hydrogens (tertiary/aromatic N) is 1. The van der Waals surface area contributed by atoms with Gasteiger partial charge in [-0.15, -0.1) is 0 Å². The minimum Gasteiger partial charge on any atom is -0.326 e. The van der Waals surface area contributed by atoms with Crippen molar-refractivity contribution in [3.63, 3.8) is 0 Å². The third kappa shape index (κ3) is 1.81. The standard InChI is InChI=1S/C12H14N2O3S/c1-14(9-2-3-9)18(16,17)10-4-5-11-8(6-10)7-12(15)13-11/h4-6,9H,2-3,7H2,1H3,(H,13,15). The molecule has 1 aliphatic heterocycles. The van der Waals surface area contributed by atoms with Gasteiger partial charge < -0.3 is 5.32 Å². The molecule has 1 amide bonds. The first kappa shape index (κ1) is 11.7. The molecule has 3 rings (SSSR count). The number of carbonyl (C=O) groups is 1. The Balaban J connectivity index is 1.98. The second-order valence-electron chi connectivity index (χ2n) is 4.80. The summed E-state index contributed by atoms with van der Waals surface area (Å²) in [6, 6.07) is 4.96. The van der Waals surface area contributed by atoms with E-state index >= 15 is 0 Å². The van der Waals surface area contributed by atoms with Crippen LogP contribution in [0.1, 0.15) is 18.4 Å². The summed E-state index contributed by atoms with van der Waals surface area (Å²) in [5.74, 6) is -0.0879. The van der Waals surface area contributed by atoms with Gasteiger partial charge in [0.2, 0.25) is 15.9 Å². The largest absolute Gasteiger partial charge is 0.326 e. The van der Waals surface area contributed by atoms with Crippen LogP contribution < -0.4 is 5.32 Å². The van der Waals surface area contributed by atoms with Crippen LogP contribution in [0.3, 0.4) is 0 Å². The number of sulfonamides is 1. The first-order valence-electron chi connectivity index (χ1n) is 5.89. The highest BCUT2D eigenvalue weighted by atomic mass is 32.2. The van der Waals surface area contributed by atoms with Crippen molar-refractivity contribution in [2.24, 2.45) is 0 Å². The number of fused-ring (bicyclic) bond motifs is 1. The van der Waals surface area contributed by atoms with E-state index in [1.54, 1.807) is 25.2 Å². The Kier molecular flexibility index (Phi) is 2.46. The van der Waals surface area contributed by atoms with Crippen LogP contribution in [0, 0.1) is 0 Å². The highest BCUT2D eigenvalue weighted by Crippen LogP contribution is 2.32. The Morgan fingerprint density at radius 3 is 2.72 bits per heavy atom. The molecule has 1 saturated carbocycles. The van der Waals surface area contributed by atoms with Gasteiger partial charge in [0.1, 0.15) is 0 Å². The Bertz CT molecular complexity index is 620. The van der Waals surface area contributed by atoms with E-state index in [4.69, 9.17) is 0 Å². The van der Waals surface area contributed by atoms with E-state index in [1.807, 2.05) is 0 Å². The summed E-state index contributed by atoms with van der Waals surface area (Å²) >= 11 is 0. The monoisotopic (exact) mass is 266 g/mol. The maximum absolute atomic E-state index is 12.3. The van der Waals surface area contributed by atoms with Gasteiger partial charge in [0.15, 0.2) is 0 Å². The minimum atomic E-state index is -3.42. The number of anilines is 1. The van der Waals surface area contributed by atoms with Gasteiger partial charge in [-0.2, -0.15) is 4.31 Å². The van der Waals surface area contributed by atoms with Gasteiger partial charge in [0.25, 0.3) is 0 Å². The number of rotatable bonds is 3. The molecule has 1 N–H and O–H groups in total. The maximum atomic E-state index is 12.3. The molecule has 0 bridgehead atoms. The predicted octanol–water partition coefficient (Wildman–Crippen LogP) is 0.964. The molecule has 1 fully saturated rings. The van der Waals surface area contributed by atoms with Gasteiger partial charge in [-0.1, -0.05) is 0 Å². The smallest absolute Gasteiger partial charge is 0.243 e. The molecule has 18 heavy (non-hydrogen) atoms. The summed E-state index contributed by atoms with van der Waals surface area (Å²) in [6.07, 6.45) is 2.12. The fourth-order valence-electron chi connectivity index (χ4n) is 2.17. The summed E-state index contributed by atoms with van der Waals surface area (Å²) in [7, 11) is -1.81. The molecule has 1 aliphatic carbocycles. The average molecular weight is 266 g/mol. The Morgan fingerprint density at radius 2 is 2.06 bits per heavy atom. The van der Waals surface area contributed by atoms with Crippen molar-refractivity contribution in [2.45, 2.75) is 30.2 Å². The fraction of sp³-hybridized carbons (Fsp3) is 0.417. The van der Waals surface area contributed by atoms with Crippen LogP contribution in [-0.2, 0) is 21.2 Å². The van der Waals surface area contributed by atoms with E-state index in [9.17, 15) is 13.2 Å². The topological polar surface area (TPSA) is 66.5 Å². The second kappa shape index (κ2) is 3.80. The number of hydrogen-bond donors (Lipinski definition) is 1. The molecule has 1 aromatic rings. The van der Waals surface area contributed by atoms with Gasteiger partial charge >= 0.3 is 0 Å². The lowest BCUT2D eigenvalue weighted by Gasteiger charge is -2.16. The van der Waals surface area contributed by atoms with Gasteiger partial charge in [-0.05, 0) is 36.6 Å². The van der Waals surface area contributed by atoms with Crippen LogP contribution in [0.15, 0.2) is 23.1 Å². The zero-order chi connectivity index (χ0) is 12.9. The van der Waals surface area contributed by atoms with Crippen LogP contribution in [0.25, 0.3) is 0 Å². The lowest BCUT2D eigenvalue weighted by Crippen LogP contribution is -2.28. The van der Waals surface area contributed by atoms with Crippen molar-refractivity contribution in [3.05, 3.63) is 23.8 Å². The van der Waals surface area contributed by atoms with E-state index in [2.05, 4.69) is 5.32 Å². The van der Waals surface area contributed by atoms with Crippen molar-refractivity contribution in [3.8, 4) is 0 Å². The molecule has 0 atom stereocenters. The fourth-order valence-corrected chi connectivity index (χ4v) is 3.63. The Hall–Kier alpha value is -1.40. The molecule has 0 spiro atoms. The highest BCUT2D eigenvalue weighted by Gasteiger charge is 2.35. The van der Waals surface area contributed by atoms with Gasteiger partial charge in [0.05, 0.1) is 11.3 Å². The van der Waals surface area contributed by atoms with Crippen LogP contribution in [0.5, 0.6) is 0 Å². The Morgan fingerprint density at radius 1 is 1.33 bits per heavy atom. The van der Waals surface area contributed by atoms with Crippen molar-refractivity contribution in [1.82, 2.24) is 4.31 Å². The van der Waals surface area contributed by atoms with Crippen LogP contribution in [0.4, 0.5) is 5.69 Å². The van der Waals surface area contributed by atoms with Gasteiger partial charge in [0, 0.05) is 18.8 Å². The van der Waals surface area contributed by atoms with Gasteiger partial charge in [-0.25, -0.2) is 8.42 Å². The van der Waals surface area contributed by atoms with Gasteiger partial charge in [-0.3, -0.25) is 4.79 Å². The van der Waals surface area contributed by atoms with Crippen molar-refractivity contribution in [1.29, 1.82) is 0 Å². The lowest BCUT2D eigenvalue weighted by atomic mass is 10.2. The number of amides is 1. The number of nitrogens with one attached hydrogen (secondary N) is 1. The quantitative estimate of drug-likeness (QED) is 0.886. The highest BCUT2D eigenvalue weighted by molar-refractivity contribution is 7.89. The molecule has 0 aromatic heterocycles. The number of hydrogen-bond acceptors (Lipinski definition) is 3. The molecule has 2 aliphatic rings. The first-order chi connectivity index (χ1) is 8.48. The lowest BCUT2D eigenvalue weighted by molar-refractivity contribution is -0.115. The molecular weight excluding hydrogens is 252 g/mol. The molecule has 5 nitrogen and oxygen atoms in total. The van der Waals surface area contributed by atoms with Crippen molar-refractivity contribution < 1.29 is 13.2 Å². The first-order valence-corrected chi connectivity index (χ1v) is 7.33. The zero-order valence-corrected chi connectivity index (χ0v) is 10.8. The summed E-state index contributed by atoms with van der Waals surface area (Å²) in [6.45, 7) is 0. The Labute approximate surface area is 106 Å². The molecule has 0 radical (unpaired) electrons. The van der Waals surface area contributed by atoms with E-state index in [0.717, 1.165) is 18.4 Å². The van der Waals surface area contributed by atoms with E-state index in [0.29, 0.717) is 5.69 Å². The number of carbonyl (C=O) groups excluding carboxylic acids is 1. The SMILES string of the molecule is CN(C1CC1)S(=O)(=O)c1ccc2c(c1)CC(=O)N2. The zero-order valence-electron chi connectivity index (χ0n) is 10.0. The summed E-state index contributed by atoms with van der Waals surface area (Å²) < 4.78 is 26.1. The summed E-state index contributed by atoms with van der Waals surface area (Å²) in [5.41, 5.74) is 1.47. The molecule has 6 heteroatoms. The number of benzene rings is 1. The van der Waals surface area contributed by atoms with Crippen molar-refractivity contribution in [2.75, 3.05) is 12.4 Å². The minimum absolute atomic E-state index is 0.0879. The molecule has 96 valence electrons. The molecule has 1 aromatic carbocycles. The van der Waals surface area contributed by atoms with E-state index in [1.165, 1.54) is 4.31 Å². The second-order valence-corrected chi connectivity index (χ2v) is 6.79. The maximum Gasteiger partial charge on any atom is 0.243 e. The average Bonchev–Trinajstić information content (AvgIpc) is 3.08. The van der Waals surface area contributed by atoms with Crippen LogP contribution >= 0.6 is 0 Å². The third-order valence-electron chi connectivity index (χ3n) is 3.44. The van der Waals surface area contributed by atoms with Crippen LogP contribution in [0.2, 0.25) is 0 Å². The normalized spacial score (nSPS) is 18.9. The molecule has 1 heterocycles. The van der Waals surface area contributed by atoms with E-state index < -0.39 is 10.0 Å². The molecular formula is C12H14N2O3S. The van der Waals surface area contributed by atoms with E-state index in [-0.39, 0.29) is 23.3 Å².